The van der Waals surface area contributed by atoms with Crippen LogP contribution in [0.1, 0.15) is 34.5 Å². The lowest BCUT2D eigenvalue weighted by Crippen LogP contribution is -3.00. The molecule has 0 saturated carbocycles. The van der Waals surface area contributed by atoms with Crippen molar-refractivity contribution in [3.8, 4) is 11.1 Å². The molecule has 1 unspecified atom stereocenters. The number of aromatic nitrogens is 1. The van der Waals surface area contributed by atoms with Gasteiger partial charge in [0.05, 0.1) is 0 Å². The molecule has 0 amide bonds. The molecule has 0 radical (unpaired) electrons. The number of benzene rings is 2. The zero-order valence-corrected chi connectivity index (χ0v) is 16.3. The SMILES string of the molecule is Cc1cc(C)c[n+](C(C)C(=O)c2ccc(-c3ccccc3)cc2)c1.[Br-]. The summed E-state index contributed by atoms with van der Waals surface area (Å²) in [6.07, 6.45) is 4.04. The largest absolute Gasteiger partial charge is 1.00 e. The van der Waals surface area contributed by atoms with Gasteiger partial charge in [0.2, 0.25) is 11.8 Å². The summed E-state index contributed by atoms with van der Waals surface area (Å²) in [7, 11) is 0. The zero-order chi connectivity index (χ0) is 17.1. The van der Waals surface area contributed by atoms with Crippen molar-refractivity contribution in [3.63, 3.8) is 0 Å². The number of pyridine rings is 1. The van der Waals surface area contributed by atoms with E-state index in [9.17, 15) is 4.79 Å². The molecule has 3 aromatic rings. The van der Waals surface area contributed by atoms with Crippen molar-refractivity contribution in [2.45, 2.75) is 26.8 Å². The van der Waals surface area contributed by atoms with E-state index in [2.05, 4.69) is 32.0 Å². The number of nitrogens with zero attached hydrogens (tertiary/aromatic N) is 1. The molecular weight excluding hydrogens is 374 g/mol. The lowest BCUT2D eigenvalue weighted by Gasteiger charge is -2.09. The van der Waals surface area contributed by atoms with Crippen molar-refractivity contribution in [2.75, 3.05) is 0 Å². The molecule has 128 valence electrons. The molecule has 1 atom stereocenters. The molecule has 25 heavy (non-hydrogen) atoms. The number of halogens is 1. The fourth-order valence-electron chi connectivity index (χ4n) is 3.00. The molecule has 0 aliphatic carbocycles. The first kappa shape index (κ1) is 19.1. The van der Waals surface area contributed by atoms with Gasteiger partial charge in [0, 0.05) is 23.6 Å². The predicted molar refractivity (Wildman–Crippen MR) is 97.0 cm³/mol. The molecule has 0 N–H and O–H groups in total. The Kier molecular flexibility index (Phi) is 6.27. The second-order valence-corrected chi connectivity index (χ2v) is 6.32. The number of carbonyl (C=O) groups excluding carboxylic acids is 1. The van der Waals surface area contributed by atoms with E-state index < -0.39 is 0 Å². The molecule has 1 aromatic heterocycles. The Morgan fingerprint density at radius 3 is 1.92 bits per heavy atom. The lowest BCUT2D eigenvalue weighted by atomic mass is 10.00. The van der Waals surface area contributed by atoms with E-state index in [1.807, 2.05) is 66.3 Å². The van der Waals surface area contributed by atoms with E-state index in [1.54, 1.807) is 0 Å². The van der Waals surface area contributed by atoms with Crippen LogP contribution < -0.4 is 21.5 Å². The van der Waals surface area contributed by atoms with E-state index in [4.69, 9.17) is 0 Å². The number of carbonyl (C=O) groups is 1. The third-order valence-electron chi connectivity index (χ3n) is 4.26. The molecule has 0 fully saturated rings. The van der Waals surface area contributed by atoms with E-state index in [0.29, 0.717) is 0 Å². The number of hydrogen-bond acceptors (Lipinski definition) is 1. The molecule has 2 nitrogen and oxygen atoms in total. The van der Waals surface area contributed by atoms with Crippen LogP contribution in [0.5, 0.6) is 0 Å². The molecule has 2 aromatic carbocycles. The fraction of sp³-hybridized carbons (Fsp3) is 0.182. The molecular formula is C22H22BrNO. The van der Waals surface area contributed by atoms with Crippen LogP contribution in [0.15, 0.2) is 73.1 Å². The molecule has 0 aliphatic heterocycles. The normalized spacial score (nSPS) is 11.5. The second kappa shape index (κ2) is 8.21. The highest BCUT2D eigenvalue weighted by Gasteiger charge is 2.23. The maximum atomic E-state index is 12.8. The number of aryl methyl sites for hydroxylation is 2. The van der Waals surface area contributed by atoms with Crippen molar-refractivity contribution >= 4 is 5.78 Å². The highest BCUT2D eigenvalue weighted by molar-refractivity contribution is 5.98. The van der Waals surface area contributed by atoms with Gasteiger partial charge >= 0.3 is 0 Å². The van der Waals surface area contributed by atoms with Gasteiger partial charge in [-0.15, -0.1) is 0 Å². The summed E-state index contributed by atoms with van der Waals surface area (Å²) in [5.74, 6) is 0.129. The Morgan fingerprint density at radius 2 is 1.36 bits per heavy atom. The van der Waals surface area contributed by atoms with Crippen LogP contribution in [-0.2, 0) is 0 Å². The summed E-state index contributed by atoms with van der Waals surface area (Å²) < 4.78 is 2.00. The third kappa shape index (κ3) is 4.43. The molecule has 3 heteroatoms. The van der Waals surface area contributed by atoms with Gasteiger partial charge in [0.1, 0.15) is 0 Å². The average Bonchev–Trinajstić information content (AvgIpc) is 2.60. The van der Waals surface area contributed by atoms with Crippen molar-refractivity contribution in [2.24, 2.45) is 0 Å². The average molecular weight is 396 g/mol. The minimum absolute atomic E-state index is 0. The quantitative estimate of drug-likeness (QED) is 0.486. The Hall–Kier alpha value is -2.26. The lowest BCUT2D eigenvalue weighted by molar-refractivity contribution is -0.705. The van der Waals surface area contributed by atoms with Gasteiger partial charge in [-0.2, -0.15) is 4.57 Å². The van der Waals surface area contributed by atoms with Crippen molar-refractivity contribution in [1.29, 1.82) is 0 Å². The Morgan fingerprint density at radius 1 is 0.840 bits per heavy atom. The van der Waals surface area contributed by atoms with E-state index in [0.717, 1.165) is 27.8 Å². The van der Waals surface area contributed by atoms with Crippen LogP contribution >= 0.6 is 0 Å². The van der Waals surface area contributed by atoms with Gasteiger partial charge in [-0.3, -0.25) is 4.79 Å². The third-order valence-corrected chi connectivity index (χ3v) is 4.26. The number of Topliss-reactive ketones (excluding diaryl/α,β-unsaturated/α-hetero) is 1. The van der Waals surface area contributed by atoms with E-state index >= 15 is 0 Å². The number of rotatable bonds is 4. The summed E-state index contributed by atoms with van der Waals surface area (Å²) in [6, 6.07) is 20.0. The van der Waals surface area contributed by atoms with Crippen molar-refractivity contribution < 1.29 is 26.3 Å². The predicted octanol–water partition coefficient (Wildman–Crippen LogP) is 1.71. The van der Waals surface area contributed by atoms with Gasteiger partial charge in [-0.1, -0.05) is 54.6 Å². The van der Waals surface area contributed by atoms with Gasteiger partial charge in [-0.05, 0) is 31.0 Å². The summed E-state index contributed by atoms with van der Waals surface area (Å²) in [6.45, 7) is 6.05. The first-order chi connectivity index (χ1) is 11.5. The number of ketones is 1. The van der Waals surface area contributed by atoms with Crippen LogP contribution in [0.3, 0.4) is 0 Å². The van der Waals surface area contributed by atoms with Crippen LogP contribution in [-0.4, -0.2) is 5.78 Å². The Labute approximate surface area is 159 Å². The fourth-order valence-corrected chi connectivity index (χ4v) is 3.00. The van der Waals surface area contributed by atoms with Gasteiger partial charge in [-0.25, -0.2) is 0 Å². The summed E-state index contributed by atoms with van der Waals surface area (Å²) in [5.41, 5.74) is 5.35. The van der Waals surface area contributed by atoms with Crippen LogP contribution in [0.4, 0.5) is 0 Å². The maximum absolute atomic E-state index is 12.8. The van der Waals surface area contributed by atoms with Gasteiger partial charge in [0.15, 0.2) is 12.4 Å². The first-order valence-corrected chi connectivity index (χ1v) is 8.23. The minimum Gasteiger partial charge on any atom is -1.00 e. The topological polar surface area (TPSA) is 20.9 Å². The summed E-state index contributed by atoms with van der Waals surface area (Å²) in [4.78, 5) is 12.8. The minimum atomic E-state index is -0.217. The monoisotopic (exact) mass is 395 g/mol. The molecule has 0 bridgehead atoms. The highest BCUT2D eigenvalue weighted by atomic mass is 79.9. The maximum Gasteiger partial charge on any atom is 0.230 e. The summed E-state index contributed by atoms with van der Waals surface area (Å²) >= 11 is 0. The molecule has 1 heterocycles. The second-order valence-electron chi connectivity index (χ2n) is 6.32. The molecule has 0 saturated heterocycles. The number of hydrogen-bond donors (Lipinski definition) is 0. The molecule has 0 spiro atoms. The highest BCUT2D eigenvalue weighted by Crippen LogP contribution is 2.20. The first-order valence-electron chi connectivity index (χ1n) is 8.23. The Balaban J connectivity index is 0.00000225. The standard InChI is InChI=1S/C22H22NO.BrH/c1-16-13-17(2)15-23(14-16)18(3)22(24)21-11-9-20(10-12-21)19-7-5-4-6-8-19;/h4-15,18H,1-3H3;1H/q+1;/p-1. The van der Waals surface area contributed by atoms with Gasteiger partial charge < -0.3 is 17.0 Å². The van der Waals surface area contributed by atoms with Gasteiger partial charge in [0.25, 0.3) is 0 Å². The van der Waals surface area contributed by atoms with E-state index in [-0.39, 0.29) is 28.8 Å². The van der Waals surface area contributed by atoms with E-state index in [1.165, 1.54) is 0 Å². The molecule has 0 aliphatic rings. The molecule has 3 rings (SSSR count). The summed E-state index contributed by atoms with van der Waals surface area (Å²) in [5, 5.41) is 0. The van der Waals surface area contributed by atoms with Crippen LogP contribution in [0.25, 0.3) is 11.1 Å². The zero-order valence-electron chi connectivity index (χ0n) is 14.7. The van der Waals surface area contributed by atoms with Crippen LogP contribution in [0.2, 0.25) is 0 Å². The van der Waals surface area contributed by atoms with Crippen molar-refractivity contribution in [3.05, 3.63) is 89.7 Å². The smallest absolute Gasteiger partial charge is 0.230 e. The van der Waals surface area contributed by atoms with Crippen LogP contribution in [0, 0.1) is 13.8 Å². The van der Waals surface area contributed by atoms with Crippen molar-refractivity contribution in [1.82, 2.24) is 0 Å². The Bertz CT molecular complexity index is 837.